The second-order valence-corrected chi connectivity index (χ2v) is 3.91. The Hall–Kier alpha value is -2.71. The number of rotatable bonds is 2. The normalized spacial score (nSPS) is 21.7. The standard InChI is InChI=1S/C11H7F2NO6/c12-5-2-1-4(3-6(5)13)7-8(9(15)16)20-11(19)14(7)10(17)18/h1-3,7-8H,(H,15,16)(H,17,18)/t7-,8+/m0/s1. The SMILES string of the molecule is O=C(O)[C@@H]1OC(=O)N(C(=O)O)[C@H]1c1ccc(F)c(F)c1. The van der Waals surface area contributed by atoms with Crippen LogP contribution in [0.2, 0.25) is 0 Å². The first-order valence-corrected chi connectivity index (χ1v) is 5.23. The molecule has 0 unspecified atom stereocenters. The number of carboxylic acids is 1. The van der Waals surface area contributed by atoms with E-state index >= 15 is 0 Å². The molecule has 0 aromatic heterocycles. The molecular weight excluding hydrogens is 280 g/mol. The first kappa shape index (κ1) is 13.7. The van der Waals surface area contributed by atoms with Gasteiger partial charge in [0.1, 0.15) is 6.04 Å². The highest BCUT2D eigenvalue weighted by atomic mass is 19.2. The molecule has 1 aliphatic heterocycles. The van der Waals surface area contributed by atoms with Gasteiger partial charge in [-0.05, 0) is 17.7 Å². The highest BCUT2D eigenvalue weighted by molar-refractivity contribution is 5.93. The van der Waals surface area contributed by atoms with Crippen LogP contribution in [0.25, 0.3) is 0 Å². The molecule has 0 radical (unpaired) electrons. The van der Waals surface area contributed by atoms with Crippen molar-refractivity contribution in [3.8, 4) is 0 Å². The Morgan fingerprint density at radius 1 is 1.20 bits per heavy atom. The molecule has 1 fully saturated rings. The van der Waals surface area contributed by atoms with E-state index in [9.17, 15) is 23.2 Å². The number of amides is 2. The van der Waals surface area contributed by atoms with Crippen molar-refractivity contribution in [3.05, 3.63) is 35.4 Å². The van der Waals surface area contributed by atoms with Crippen molar-refractivity contribution in [2.75, 3.05) is 0 Å². The summed E-state index contributed by atoms with van der Waals surface area (Å²) in [4.78, 5) is 33.4. The molecule has 1 aromatic carbocycles. The molecule has 0 bridgehead atoms. The summed E-state index contributed by atoms with van der Waals surface area (Å²) < 4.78 is 30.5. The Balaban J connectivity index is 2.51. The van der Waals surface area contributed by atoms with Gasteiger partial charge in [-0.25, -0.2) is 28.1 Å². The average Bonchev–Trinajstić information content (AvgIpc) is 2.70. The molecule has 7 nitrogen and oxygen atoms in total. The number of carbonyl (C=O) groups excluding carboxylic acids is 1. The van der Waals surface area contributed by atoms with E-state index in [-0.39, 0.29) is 10.5 Å². The maximum atomic E-state index is 13.2. The van der Waals surface area contributed by atoms with Gasteiger partial charge in [0.2, 0.25) is 6.10 Å². The molecule has 9 heteroatoms. The quantitative estimate of drug-likeness (QED) is 0.855. The van der Waals surface area contributed by atoms with Crippen LogP contribution in [0.1, 0.15) is 11.6 Å². The Morgan fingerprint density at radius 2 is 1.85 bits per heavy atom. The summed E-state index contributed by atoms with van der Waals surface area (Å²) in [6.45, 7) is 0. The molecule has 1 heterocycles. The number of benzene rings is 1. The topological polar surface area (TPSA) is 104 Å². The first-order valence-electron chi connectivity index (χ1n) is 5.23. The van der Waals surface area contributed by atoms with Crippen LogP contribution in [0.15, 0.2) is 18.2 Å². The highest BCUT2D eigenvalue weighted by Gasteiger charge is 2.50. The molecular formula is C11H7F2NO6. The number of ether oxygens (including phenoxy) is 1. The van der Waals surface area contributed by atoms with E-state index in [4.69, 9.17) is 10.2 Å². The molecule has 0 aliphatic carbocycles. The largest absolute Gasteiger partial charge is 0.478 e. The summed E-state index contributed by atoms with van der Waals surface area (Å²) >= 11 is 0. The number of halogens is 2. The number of cyclic esters (lactones) is 1. The molecule has 2 rings (SSSR count). The number of aliphatic carboxylic acids is 1. The molecule has 0 saturated carbocycles. The van der Waals surface area contributed by atoms with Crippen molar-refractivity contribution in [2.45, 2.75) is 12.1 Å². The highest BCUT2D eigenvalue weighted by Crippen LogP contribution is 2.34. The van der Waals surface area contributed by atoms with E-state index in [1.165, 1.54) is 0 Å². The van der Waals surface area contributed by atoms with Gasteiger partial charge in [0.25, 0.3) is 0 Å². The predicted octanol–water partition coefficient (Wildman–Crippen LogP) is 1.59. The van der Waals surface area contributed by atoms with Crippen LogP contribution in [0, 0.1) is 11.6 Å². The molecule has 2 N–H and O–H groups in total. The van der Waals surface area contributed by atoms with Crippen LogP contribution in [0.4, 0.5) is 18.4 Å². The number of imide groups is 1. The van der Waals surface area contributed by atoms with Crippen LogP contribution in [0.5, 0.6) is 0 Å². The van der Waals surface area contributed by atoms with Crippen LogP contribution >= 0.6 is 0 Å². The minimum Gasteiger partial charge on any atom is -0.478 e. The lowest BCUT2D eigenvalue weighted by Crippen LogP contribution is -2.36. The lowest BCUT2D eigenvalue weighted by molar-refractivity contribution is -0.146. The number of carbonyl (C=O) groups is 3. The number of nitrogens with zero attached hydrogens (tertiary/aromatic N) is 1. The van der Waals surface area contributed by atoms with Crippen molar-refractivity contribution < 1.29 is 38.1 Å². The minimum atomic E-state index is -1.83. The van der Waals surface area contributed by atoms with Crippen LogP contribution in [-0.4, -0.2) is 39.4 Å². The van der Waals surface area contributed by atoms with Gasteiger partial charge in [-0.2, -0.15) is 0 Å². The lowest BCUT2D eigenvalue weighted by atomic mass is 10.0. The molecule has 20 heavy (non-hydrogen) atoms. The summed E-state index contributed by atoms with van der Waals surface area (Å²) in [6, 6.07) is 0.713. The fraction of sp³-hybridized carbons (Fsp3) is 0.182. The third-order valence-corrected chi connectivity index (χ3v) is 2.72. The third-order valence-electron chi connectivity index (χ3n) is 2.72. The van der Waals surface area contributed by atoms with Gasteiger partial charge in [-0.1, -0.05) is 6.07 Å². The maximum absolute atomic E-state index is 13.2. The fourth-order valence-corrected chi connectivity index (χ4v) is 1.88. The summed E-state index contributed by atoms with van der Waals surface area (Å²) in [5.74, 6) is -4.08. The summed E-state index contributed by atoms with van der Waals surface area (Å²) in [6.07, 6.45) is -4.98. The molecule has 1 saturated heterocycles. The van der Waals surface area contributed by atoms with Crippen molar-refractivity contribution in [1.82, 2.24) is 4.90 Å². The van der Waals surface area contributed by atoms with E-state index in [0.29, 0.717) is 12.1 Å². The smallest absolute Gasteiger partial charge is 0.420 e. The summed E-state index contributed by atoms with van der Waals surface area (Å²) in [5.41, 5.74) is -0.204. The Labute approximate surface area is 110 Å². The van der Waals surface area contributed by atoms with Gasteiger partial charge >= 0.3 is 18.2 Å². The molecule has 1 aliphatic rings. The first-order chi connectivity index (χ1) is 9.32. The third kappa shape index (κ3) is 2.13. The van der Waals surface area contributed by atoms with Crippen LogP contribution < -0.4 is 0 Å². The zero-order valence-corrected chi connectivity index (χ0v) is 9.62. The maximum Gasteiger partial charge on any atom is 0.420 e. The monoisotopic (exact) mass is 287 g/mol. The zero-order valence-electron chi connectivity index (χ0n) is 9.62. The summed E-state index contributed by atoms with van der Waals surface area (Å²) in [5, 5.41) is 17.8. The van der Waals surface area contributed by atoms with Crippen molar-refractivity contribution >= 4 is 18.2 Å². The Bertz CT molecular complexity index is 605. The van der Waals surface area contributed by atoms with Gasteiger partial charge in [0.05, 0.1) is 0 Å². The predicted molar refractivity (Wildman–Crippen MR) is 56.9 cm³/mol. The van der Waals surface area contributed by atoms with E-state index in [2.05, 4.69) is 4.74 Å². The average molecular weight is 287 g/mol. The zero-order chi connectivity index (χ0) is 15.0. The lowest BCUT2D eigenvalue weighted by Gasteiger charge is -2.19. The van der Waals surface area contributed by atoms with Crippen LogP contribution in [-0.2, 0) is 9.53 Å². The Kier molecular flexibility index (Phi) is 3.26. The van der Waals surface area contributed by atoms with Crippen LogP contribution in [0.3, 0.4) is 0 Å². The van der Waals surface area contributed by atoms with Gasteiger partial charge in [-0.3, -0.25) is 0 Å². The van der Waals surface area contributed by atoms with Crippen molar-refractivity contribution in [1.29, 1.82) is 0 Å². The second-order valence-electron chi connectivity index (χ2n) is 3.91. The Morgan fingerprint density at radius 3 is 2.35 bits per heavy atom. The van der Waals surface area contributed by atoms with Gasteiger partial charge < -0.3 is 14.9 Å². The van der Waals surface area contributed by atoms with Gasteiger partial charge in [-0.15, -0.1) is 0 Å². The minimum absolute atomic E-state index is 0.117. The number of hydrogen-bond donors (Lipinski definition) is 2. The van der Waals surface area contributed by atoms with E-state index in [1.54, 1.807) is 0 Å². The van der Waals surface area contributed by atoms with E-state index in [0.717, 1.165) is 6.07 Å². The fourth-order valence-electron chi connectivity index (χ4n) is 1.88. The van der Waals surface area contributed by atoms with Crippen molar-refractivity contribution in [2.24, 2.45) is 0 Å². The molecule has 0 spiro atoms. The number of hydrogen-bond acceptors (Lipinski definition) is 4. The molecule has 106 valence electrons. The van der Waals surface area contributed by atoms with Crippen molar-refractivity contribution in [3.63, 3.8) is 0 Å². The second kappa shape index (κ2) is 4.76. The van der Waals surface area contributed by atoms with Gasteiger partial charge in [0, 0.05) is 0 Å². The summed E-state index contributed by atoms with van der Waals surface area (Å²) in [7, 11) is 0. The number of carboxylic acid groups (broad SMARTS) is 2. The van der Waals surface area contributed by atoms with E-state index < -0.39 is 41.9 Å². The molecule has 1 aromatic rings. The molecule has 2 amide bonds. The molecule has 2 atom stereocenters. The van der Waals surface area contributed by atoms with Gasteiger partial charge in [0.15, 0.2) is 11.6 Å². The van der Waals surface area contributed by atoms with E-state index in [1.807, 2.05) is 0 Å².